The molecule has 9 heteroatoms. The third-order valence-electron chi connectivity index (χ3n) is 3.69. The highest BCUT2D eigenvalue weighted by Gasteiger charge is 2.45. The normalized spacial score (nSPS) is 16.2. The number of carbonyl (C=O) groups is 1. The average Bonchev–Trinajstić information content (AvgIpc) is 3.02. The molecule has 1 amide bonds. The van der Waals surface area contributed by atoms with Crippen molar-refractivity contribution in [2.75, 3.05) is 5.32 Å². The monoisotopic (exact) mass is 329 g/mol. The predicted molar refractivity (Wildman–Crippen MR) is 70.7 cm³/mol. The van der Waals surface area contributed by atoms with E-state index in [0.717, 1.165) is 18.9 Å². The summed E-state index contributed by atoms with van der Waals surface area (Å²) in [5.74, 6) is -2.98. The van der Waals surface area contributed by atoms with Crippen LogP contribution < -0.4 is 5.32 Å². The Morgan fingerprint density at radius 3 is 2.57 bits per heavy atom. The quantitative estimate of drug-likeness (QED) is 0.873. The van der Waals surface area contributed by atoms with Crippen molar-refractivity contribution in [3.05, 3.63) is 29.9 Å². The van der Waals surface area contributed by atoms with Gasteiger partial charge >= 0.3 is 12.1 Å². The van der Waals surface area contributed by atoms with Crippen molar-refractivity contribution >= 4 is 11.6 Å². The van der Waals surface area contributed by atoms with Crippen molar-refractivity contribution in [1.82, 2.24) is 10.1 Å². The SMILES string of the molecule is CC1(C(=O)Nc2ccc(-c3noc(C(F)(F)F)n3)cc2F)CC1. The Morgan fingerprint density at radius 1 is 1.35 bits per heavy atom. The van der Waals surface area contributed by atoms with Gasteiger partial charge in [0.15, 0.2) is 0 Å². The van der Waals surface area contributed by atoms with Gasteiger partial charge in [-0.25, -0.2) is 4.39 Å². The highest BCUT2D eigenvalue weighted by molar-refractivity contribution is 5.97. The topological polar surface area (TPSA) is 68.0 Å². The molecule has 1 aliphatic carbocycles. The summed E-state index contributed by atoms with van der Waals surface area (Å²) in [6.07, 6.45) is -3.29. The van der Waals surface area contributed by atoms with Gasteiger partial charge in [-0.05, 0) is 31.0 Å². The smallest absolute Gasteiger partial charge is 0.329 e. The number of hydrogen-bond acceptors (Lipinski definition) is 4. The van der Waals surface area contributed by atoms with Gasteiger partial charge in [-0.2, -0.15) is 18.2 Å². The average molecular weight is 329 g/mol. The van der Waals surface area contributed by atoms with E-state index in [1.807, 2.05) is 0 Å². The van der Waals surface area contributed by atoms with E-state index in [2.05, 4.69) is 20.0 Å². The van der Waals surface area contributed by atoms with Gasteiger partial charge < -0.3 is 9.84 Å². The molecule has 1 aromatic heterocycles. The van der Waals surface area contributed by atoms with Gasteiger partial charge in [-0.1, -0.05) is 12.1 Å². The molecule has 0 bridgehead atoms. The van der Waals surface area contributed by atoms with Crippen LogP contribution in [-0.2, 0) is 11.0 Å². The van der Waals surface area contributed by atoms with E-state index in [0.29, 0.717) is 0 Å². The molecule has 0 radical (unpaired) electrons. The van der Waals surface area contributed by atoms with Crippen molar-refractivity contribution in [2.24, 2.45) is 5.41 Å². The van der Waals surface area contributed by atoms with Crippen LogP contribution in [0.15, 0.2) is 22.7 Å². The first kappa shape index (κ1) is 15.4. The highest BCUT2D eigenvalue weighted by Crippen LogP contribution is 2.45. The number of rotatable bonds is 3. The van der Waals surface area contributed by atoms with Gasteiger partial charge in [0.2, 0.25) is 11.7 Å². The van der Waals surface area contributed by atoms with E-state index in [4.69, 9.17) is 0 Å². The Labute approximate surface area is 127 Å². The number of benzene rings is 1. The van der Waals surface area contributed by atoms with Gasteiger partial charge in [-0.15, -0.1) is 0 Å². The summed E-state index contributed by atoms with van der Waals surface area (Å²) in [7, 11) is 0. The lowest BCUT2D eigenvalue weighted by atomic mass is 10.1. The Kier molecular flexibility index (Phi) is 3.38. The van der Waals surface area contributed by atoms with Gasteiger partial charge in [0.25, 0.3) is 0 Å². The standard InChI is InChI=1S/C14H11F4N3O2/c1-13(4-5-13)11(22)19-9-3-2-7(6-8(9)15)10-20-12(23-21-10)14(16,17)18/h2-3,6H,4-5H2,1H3,(H,19,22). The highest BCUT2D eigenvalue weighted by atomic mass is 19.4. The molecule has 0 unspecified atom stereocenters. The number of halogens is 4. The Morgan fingerprint density at radius 2 is 2.04 bits per heavy atom. The molecule has 1 heterocycles. The molecule has 0 aliphatic heterocycles. The van der Waals surface area contributed by atoms with Crippen LogP contribution in [0.4, 0.5) is 23.2 Å². The first-order chi connectivity index (χ1) is 10.7. The van der Waals surface area contributed by atoms with Crippen molar-refractivity contribution in [2.45, 2.75) is 25.9 Å². The molecule has 1 N–H and O–H groups in total. The van der Waals surface area contributed by atoms with Crippen molar-refractivity contribution in [3.8, 4) is 11.4 Å². The molecule has 1 saturated carbocycles. The molecule has 1 aliphatic rings. The van der Waals surface area contributed by atoms with Crippen LogP contribution in [0, 0.1) is 11.2 Å². The summed E-state index contributed by atoms with van der Waals surface area (Å²) in [6, 6.07) is 3.49. The number of amides is 1. The van der Waals surface area contributed by atoms with E-state index in [9.17, 15) is 22.4 Å². The number of nitrogens with zero attached hydrogens (tertiary/aromatic N) is 2. The maximum absolute atomic E-state index is 14.0. The lowest BCUT2D eigenvalue weighted by Crippen LogP contribution is -2.21. The molecule has 0 spiro atoms. The van der Waals surface area contributed by atoms with Crippen LogP contribution in [0.1, 0.15) is 25.7 Å². The van der Waals surface area contributed by atoms with Gasteiger partial charge in [0.1, 0.15) is 5.82 Å². The van der Waals surface area contributed by atoms with Crippen LogP contribution in [-0.4, -0.2) is 16.0 Å². The molecule has 0 saturated heterocycles. The van der Waals surface area contributed by atoms with E-state index in [-0.39, 0.29) is 23.0 Å². The molecule has 1 aromatic carbocycles. The van der Waals surface area contributed by atoms with E-state index >= 15 is 0 Å². The zero-order chi connectivity index (χ0) is 16.8. The van der Waals surface area contributed by atoms with Crippen molar-refractivity contribution in [1.29, 1.82) is 0 Å². The Balaban J connectivity index is 1.81. The Hall–Kier alpha value is -2.45. The molecule has 1 fully saturated rings. The minimum Gasteiger partial charge on any atom is -0.329 e. The van der Waals surface area contributed by atoms with Crippen LogP contribution >= 0.6 is 0 Å². The molecule has 3 rings (SSSR count). The number of anilines is 1. The van der Waals surface area contributed by atoms with Gasteiger partial charge in [-0.3, -0.25) is 4.79 Å². The fourth-order valence-corrected chi connectivity index (χ4v) is 1.90. The summed E-state index contributed by atoms with van der Waals surface area (Å²) in [5.41, 5.74) is -0.510. The second-order valence-corrected chi connectivity index (χ2v) is 5.63. The maximum atomic E-state index is 14.0. The number of carbonyl (C=O) groups excluding carboxylic acids is 1. The van der Waals surface area contributed by atoms with Crippen LogP contribution in [0.5, 0.6) is 0 Å². The zero-order valence-corrected chi connectivity index (χ0v) is 11.9. The molecule has 2 aromatic rings. The van der Waals surface area contributed by atoms with E-state index < -0.39 is 23.3 Å². The van der Waals surface area contributed by atoms with Gasteiger partial charge in [0, 0.05) is 11.0 Å². The number of aromatic nitrogens is 2. The van der Waals surface area contributed by atoms with Crippen LogP contribution in [0.2, 0.25) is 0 Å². The number of hydrogen-bond donors (Lipinski definition) is 1. The molecule has 0 atom stereocenters. The maximum Gasteiger partial charge on any atom is 0.471 e. The third kappa shape index (κ3) is 3.03. The Bertz CT molecular complexity index is 766. The lowest BCUT2D eigenvalue weighted by molar-refractivity contribution is -0.159. The fraction of sp³-hybridized carbons (Fsp3) is 0.357. The molecule has 23 heavy (non-hydrogen) atoms. The van der Waals surface area contributed by atoms with Crippen LogP contribution in [0.3, 0.4) is 0 Å². The zero-order valence-electron chi connectivity index (χ0n) is 11.9. The second kappa shape index (κ2) is 5.04. The molecule has 122 valence electrons. The summed E-state index contributed by atoms with van der Waals surface area (Å²) in [4.78, 5) is 15.1. The second-order valence-electron chi connectivity index (χ2n) is 5.63. The predicted octanol–water partition coefficient (Wildman–Crippen LogP) is 3.63. The first-order valence-electron chi connectivity index (χ1n) is 6.71. The van der Waals surface area contributed by atoms with Crippen molar-refractivity contribution < 1.29 is 26.9 Å². The van der Waals surface area contributed by atoms with E-state index in [1.165, 1.54) is 12.1 Å². The summed E-state index contributed by atoms with van der Waals surface area (Å²) in [5, 5.41) is 5.64. The lowest BCUT2D eigenvalue weighted by Gasteiger charge is -2.11. The first-order valence-corrected chi connectivity index (χ1v) is 6.71. The number of nitrogens with one attached hydrogen (secondary N) is 1. The van der Waals surface area contributed by atoms with E-state index in [1.54, 1.807) is 6.92 Å². The third-order valence-corrected chi connectivity index (χ3v) is 3.69. The largest absolute Gasteiger partial charge is 0.471 e. The summed E-state index contributed by atoms with van der Waals surface area (Å²) < 4.78 is 55.3. The van der Waals surface area contributed by atoms with Crippen LogP contribution in [0.25, 0.3) is 11.4 Å². The fourth-order valence-electron chi connectivity index (χ4n) is 1.90. The molecular formula is C14H11F4N3O2. The molecule has 5 nitrogen and oxygen atoms in total. The minimum absolute atomic E-state index is 0.0115. The summed E-state index contributed by atoms with van der Waals surface area (Å²) in [6.45, 7) is 1.77. The van der Waals surface area contributed by atoms with Gasteiger partial charge in [0.05, 0.1) is 5.69 Å². The molecular weight excluding hydrogens is 318 g/mol. The van der Waals surface area contributed by atoms with Crippen molar-refractivity contribution in [3.63, 3.8) is 0 Å². The minimum atomic E-state index is -4.77. The number of alkyl halides is 3. The summed E-state index contributed by atoms with van der Waals surface area (Å²) >= 11 is 0.